The Hall–Kier alpha value is -3.03. The van der Waals surface area contributed by atoms with Crippen LogP contribution in [0, 0.1) is 18.6 Å². The van der Waals surface area contributed by atoms with Gasteiger partial charge < -0.3 is 9.64 Å². The Morgan fingerprint density at radius 2 is 1.97 bits per heavy atom. The zero-order chi connectivity index (χ0) is 21.5. The summed E-state index contributed by atoms with van der Waals surface area (Å²) in [5.74, 6) is -3.04. The highest BCUT2D eigenvalue weighted by Gasteiger charge is 2.38. The van der Waals surface area contributed by atoms with Crippen molar-refractivity contribution in [3.8, 4) is 0 Å². The number of aromatic nitrogens is 2. The van der Waals surface area contributed by atoms with Crippen LogP contribution in [0.4, 0.5) is 8.78 Å². The maximum Gasteiger partial charge on any atom is 0.342 e. The molecule has 2 heterocycles. The summed E-state index contributed by atoms with van der Waals surface area (Å²) in [5.41, 5.74) is 1.17. The van der Waals surface area contributed by atoms with Gasteiger partial charge in [0.1, 0.15) is 17.2 Å². The molecular formula is C21H23F2N3O3. The predicted octanol–water partition coefficient (Wildman–Crippen LogP) is 3.72. The summed E-state index contributed by atoms with van der Waals surface area (Å²) < 4.78 is 32.8. The van der Waals surface area contributed by atoms with Crippen LogP contribution in [0.5, 0.6) is 0 Å². The van der Waals surface area contributed by atoms with E-state index in [1.165, 1.54) is 11.1 Å². The molecule has 1 aromatic heterocycles. The van der Waals surface area contributed by atoms with E-state index < -0.39 is 28.9 Å². The molecule has 0 saturated carbocycles. The van der Waals surface area contributed by atoms with Gasteiger partial charge in [-0.05, 0) is 32.9 Å². The van der Waals surface area contributed by atoms with E-state index in [9.17, 15) is 18.4 Å². The molecule has 0 radical (unpaired) electrons. The van der Waals surface area contributed by atoms with E-state index >= 15 is 0 Å². The molecule has 0 bridgehead atoms. The molecule has 0 fully saturated rings. The van der Waals surface area contributed by atoms with E-state index in [1.807, 2.05) is 13.8 Å². The maximum absolute atomic E-state index is 14.2. The van der Waals surface area contributed by atoms with Crippen molar-refractivity contribution in [2.75, 3.05) is 6.54 Å². The van der Waals surface area contributed by atoms with Crippen LogP contribution in [0.2, 0.25) is 0 Å². The first-order chi connectivity index (χ1) is 13.5. The zero-order valence-corrected chi connectivity index (χ0v) is 17.0. The van der Waals surface area contributed by atoms with Crippen molar-refractivity contribution in [2.24, 2.45) is 0 Å². The zero-order valence-electron chi connectivity index (χ0n) is 17.0. The molecule has 1 aromatic carbocycles. The monoisotopic (exact) mass is 403 g/mol. The van der Waals surface area contributed by atoms with Crippen molar-refractivity contribution in [3.63, 3.8) is 0 Å². The number of nitrogens with zero attached hydrogens (tertiary/aromatic N) is 2. The molecule has 29 heavy (non-hydrogen) atoms. The highest BCUT2D eigenvalue weighted by atomic mass is 19.1. The molecular weight excluding hydrogens is 380 g/mol. The number of carbonyl (C=O) groups excluding carboxylic acids is 2. The molecule has 1 N–H and O–H groups in total. The van der Waals surface area contributed by atoms with E-state index in [-0.39, 0.29) is 23.8 Å². The summed E-state index contributed by atoms with van der Waals surface area (Å²) in [7, 11) is 0. The van der Waals surface area contributed by atoms with Crippen molar-refractivity contribution in [1.82, 2.24) is 15.1 Å². The Labute approximate surface area is 167 Å². The third-order valence-corrected chi connectivity index (χ3v) is 4.73. The SMILES string of the molecule is Cc1n[nH]c2c1C(C)(C)CN(C(=O)c1ccc(F)cc1F)C=C2C(=O)OC(C)C. The smallest absolute Gasteiger partial charge is 0.342 e. The lowest BCUT2D eigenvalue weighted by molar-refractivity contribution is -0.140. The summed E-state index contributed by atoms with van der Waals surface area (Å²) in [6.07, 6.45) is 0.979. The average molecular weight is 403 g/mol. The van der Waals surface area contributed by atoms with Crippen LogP contribution >= 0.6 is 0 Å². The first-order valence-corrected chi connectivity index (χ1v) is 9.26. The number of amides is 1. The third-order valence-electron chi connectivity index (χ3n) is 4.73. The number of hydrogen-bond acceptors (Lipinski definition) is 4. The number of ether oxygens (including phenoxy) is 1. The first kappa shape index (κ1) is 20.7. The van der Waals surface area contributed by atoms with Gasteiger partial charge in [-0.1, -0.05) is 13.8 Å². The molecule has 0 aliphatic carbocycles. The van der Waals surface area contributed by atoms with Crippen LogP contribution in [0.15, 0.2) is 24.4 Å². The first-order valence-electron chi connectivity index (χ1n) is 9.26. The minimum absolute atomic E-state index is 0.121. The molecule has 0 unspecified atom stereocenters. The number of nitrogens with one attached hydrogen (secondary N) is 1. The minimum atomic E-state index is -0.965. The molecule has 154 valence electrons. The Balaban J connectivity index is 2.13. The third kappa shape index (κ3) is 3.92. The molecule has 6 nitrogen and oxygen atoms in total. The maximum atomic E-state index is 14.2. The van der Waals surface area contributed by atoms with Gasteiger partial charge in [-0.2, -0.15) is 5.10 Å². The van der Waals surface area contributed by atoms with Gasteiger partial charge in [0, 0.05) is 29.8 Å². The largest absolute Gasteiger partial charge is 0.459 e. The molecule has 8 heteroatoms. The van der Waals surface area contributed by atoms with E-state index in [0.29, 0.717) is 17.5 Å². The quantitative estimate of drug-likeness (QED) is 0.793. The molecule has 0 saturated heterocycles. The number of fused-ring (bicyclic) bond motifs is 1. The number of esters is 1. The molecule has 2 aromatic rings. The molecule has 0 spiro atoms. The fourth-order valence-corrected chi connectivity index (χ4v) is 3.61. The van der Waals surface area contributed by atoms with E-state index in [4.69, 9.17) is 4.74 Å². The molecule has 1 aliphatic heterocycles. The van der Waals surface area contributed by atoms with Gasteiger partial charge in [0.15, 0.2) is 0 Å². The number of aryl methyl sites for hydroxylation is 1. The van der Waals surface area contributed by atoms with E-state index in [0.717, 1.165) is 17.7 Å². The Morgan fingerprint density at radius 1 is 1.28 bits per heavy atom. The Morgan fingerprint density at radius 3 is 2.59 bits per heavy atom. The minimum Gasteiger partial charge on any atom is -0.459 e. The lowest BCUT2D eigenvalue weighted by Crippen LogP contribution is -2.37. The predicted molar refractivity (Wildman–Crippen MR) is 103 cm³/mol. The van der Waals surface area contributed by atoms with Crippen LogP contribution in [0.3, 0.4) is 0 Å². The lowest BCUT2D eigenvalue weighted by Gasteiger charge is -2.29. The topological polar surface area (TPSA) is 75.3 Å². The number of hydrogen-bond donors (Lipinski definition) is 1. The number of benzene rings is 1. The Kier molecular flexibility index (Phi) is 5.30. The molecule has 0 atom stereocenters. The van der Waals surface area contributed by atoms with Crippen molar-refractivity contribution in [3.05, 3.63) is 58.5 Å². The van der Waals surface area contributed by atoms with Gasteiger partial charge in [-0.3, -0.25) is 9.89 Å². The van der Waals surface area contributed by atoms with Gasteiger partial charge in [-0.25, -0.2) is 13.6 Å². The van der Waals surface area contributed by atoms with Crippen molar-refractivity contribution in [1.29, 1.82) is 0 Å². The van der Waals surface area contributed by atoms with E-state index in [2.05, 4.69) is 10.2 Å². The molecule has 1 aliphatic rings. The summed E-state index contributed by atoms with van der Waals surface area (Å²) in [6, 6.07) is 2.77. The second-order valence-electron chi connectivity index (χ2n) is 8.00. The van der Waals surface area contributed by atoms with E-state index in [1.54, 1.807) is 20.8 Å². The highest BCUT2D eigenvalue weighted by Crippen LogP contribution is 2.37. The van der Waals surface area contributed by atoms with Crippen LogP contribution in [-0.2, 0) is 14.9 Å². The van der Waals surface area contributed by atoms with Gasteiger partial charge in [0.05, 0.1) is 23.1 Å². The van der Waals surface area contributed by atoms with Crippen LogP contribution < -0.4 is 0 Å². The summed E-state index contributed by atoms with van der Waals surface area (Å²) in [5, 5.41) is 7.08. The van der Waals surface area contributed by atoms with Crippen LogP contribution in [-0.4, -0.2) is 39.6 Å². The van der Waals surface area contributed by atoms with Crippen LogP contribution in [0.1, 0.15) is 55.0 Å². The number of halogens is 2. The van der Waals surface area contributed by atoms with Gasteiger partial charge >= 0.3 is 5.97 Å². The Bertz CT molecular complexity index is 1010. The van der Waals surface area contributed by atoms with Crippen molar-refractivity contribution >= 4 is 17.4 Å². The van der Waals surface area contributed by atoms with Gasteiger partial charge in [0.2, 0.25) is 0 Å². The second kappa shape index (κ2) is 7.42. The normalized spacial score (nSPS) is 15.6. The van der Waals surface area contributed by atoms with Gasteiger partial charge in [-0.15, -0.1) is 0 Å². The van der Waals surface area contributed by atoms with Gasteiger partial charge in [0.25, 0.3) is 5.91 Å². The molecule has 1 amide bonds. The number of aromatic amines is 1. The molecule has 3 rings (SSSR count). The van der Waals surface area contributed by atoms with Crippen molar-refractivity contribution in [2.45, 2.75) is 46.1 Å². The highest BCUT2D eigenvalue weighted by molar-refractivity contribution is 6.17. The fourth-order valence-electron chi connectivity index (χ4n) is 3.61. The summed E-state index contributed by atoms with van der Waals surface area (Å²) >= 11 is 0. The number of H-pyrrole nitrogens is 1. The number of rotatable bonds is 3. The summed E-state index contributed by atoms with van der Waals surface area (Å²) in [4.78, 5) is 27.1. The lowest BCUT2D eigenvalue weighted by atomic mass is 9.82. The second-order valence-corrected chi connectivity index (χ2v) is 8.00. The average Bonchev–Trinajstić information content (AvgIpc) is 2.93. The standard InChI is InChI=1S/C21H23F2N3O3/c1-11(2)29-20(28)15-9-26(19(27)14-7-6-13(22)8-16(14)23)10-21(4,5)17-12(3)24-25-18(15)17/h6-9,11H,10H2,1-5H3,(H,24,25). The van der Waals surface area contributed by atoms with Crippen molar-refractivity contribution < 1.29 is 23.1 Å². The van der Waals surface area contributed by atoms with Crippen LogP contribution in [0.25, 0.3) is 5.57 Å². The fraction of sp³-hybridized carbons (Fsp3) is 0.381. The number of carbonyl (C=O) groups is 2. The summed E-state index contributed by atoms with van der Waals surface area (Å²) in [6.45, 7) is 9.21.